The molecular formula is C12H13Cl2N3. The SMILES string of the molecule is CCn1ccnc1CNc1cc(Cl)ccc1Cl. The van der Waals surface area contributed by atoms with E-state index in [0.717, 1.165) is 18.1 Å². The Balaban J connectivity index is 2.09. The van der Waals surface area contributed by atoms with Crippen LogP contribution in [0.25, 0.3) is 0 Å². The van der Waals surface area contributed by atoms with E-state index < -0.39 is 0 Å². The predicted molar refractivity (Wildman–Crippen MR) is 71.7 cm³/mol. The first kappa shape index (κ1) is 12.3. The minimum Gasteiger partial charge on any atom is -0.377 e. The molecule has 0 saturated heterocycles. The highest BCUT2D eigenvalue weighted by molar-refractivity contribution is 6.35. The number of hydrogen-bond donors (Lipinski definition) is 1. The van der Waals surface area contributed by atoms with Gasteiger partial charge >= 0.3 is 0 Å². The molecule has 0 spiro atoms. The van der Waals surface area contributed by atoms with Gasteiger partial charge in [0.2, 0.25) is 0 Å². The molecule has 90 valence electrons. The summed E-state index contributed by atoms with van der Waals surface area (Å²) in [5.74, 6) is 0.976. The molecule has 0 radical (unpaired) electrons. The molecule has 0 aliphatic rings. The van der Waals surface area contributed by atoms with Gasteiger partial charge in [0.25, 0.3) is 0 Å². The summed E-state index contributed by atoms with van der Waals surface area (Å²) < 4.78 is 2.07. The fourth-order valence-corrected chi connectivity index (χ4v) is 1.96. The fourth-order valence-electron chi connectivity index (χ4n) is 1.60. The van der Waals surface area contributed by atoms with Gasteiger partial charge in [-0.05, 0) is 25.1 Å². The zero-order chi connectivity index (χ0) is 12.3. The van der Waals surface area contributed by atoms with Crippen LogP contribution in [0, 0.1) is 0 Å². The van der Waals surface area contributed by atoms with E-state index in [4.69, 9.17) is 23.2 Å². The molecule has 0 amide bonds. The maximum atomic E-state index is 6.06. The van der Waals surface area contributed by atoms with Gasteiger partial charge in [0.15, 0.2) is 0 Å². The van der Waals surface area contributed by atoms with Gasteiger partial charge in [0.05, 0.1) is 17.3 Å². The third-order valence-electron chi connectivity index (χ3n) is 2.51. The van der Waals surface area contributed by atoms with Gasteiger partial charge in [-0.3, -0.25) is 0 Å². The number of aromatic nitrogens is 2. The van der Waals surface area contributed by atoms with E-state index in [9.17, 15) is 0 Å². The lowest BCUT2D eigenvalue weighted by molar-refractivity contribution is 0.708. The van der Waals surface area contributed by atoms with E-state index in [1.165, 1.54) is 0 Å². The van der Waals surface area contributed by atoms with Gasteiger partial charge < -0.3 is 9.88 Å². The Labute approximate surface area is 110 Å². The number of aryl methyl sites for hydroxylation is 1. The largest absolute Gasteiger partial charge is 0.377 e. The van der Waals surface area contributed by atoms with Crippen LogP contribution in [0.2, 0.25) is 10.0 Å². The smallest absolute Gasteiger partial charge is 0.128 e. The molecule has 0 fully saturated rings. The lowest BCUT2D eigenvalue weighted by atomic mass is 10.3. The minimum absolute atomic E-state index is 0.626. The number of hydrogen-bond acceptors (Lipinski definition) is 2. The summed E-state index contributed by atoms with van der Waals surface area (Å²) in [6, 6.07) is 5.35. The Kier molecular flexibility index (Phi) is 3.92. The van der Waals surface area contributed by atoms with Crippen molar-refractivity contribution in [3.63, 3.8) is 0 Å². The summed E-state index contributed by atoms with van der Waals surface area (Å²) in [6.07, 6.45) is 3.75. The third kappa shape index (κ3) is 2.93. The number of halogens is 2. The molecule has 17 heavy (non-hydrogen) atoms. The summed E-state index contributed by atoms with van der Waals surface area (Å²) in [6.45, 7) is 3.61. The number of nitrogens with zero attached hydrogens (tertiary/aromatic N) is 2. The average Bonchev–Trinajstić information content (AvgIpc) is 2.77. The lowest BCUT2D eigenvalue weighted by Gasteiger charge is -2.09. The van der Waals surface area contributed by atoms with Crippen molar-refractivity contribution in [2.24, 2.45) is 0 Å². The van der Waals surface area contributed by atoms with Crippen molar-refractivity contribution in [3.05, 3.63) is 46.5 Å². The minimum atomic E-state index is 0.626. The fraction of sp³-hybridized carbons (Fsp3) is 0.250. The molecule has 1 aromatic carbocycles. The monoisotopic (exact) mass is 269 g/mol. The maximum Gasteiger partial charge on any atom is 0.128 e. The van der Waals surface area contributed by atoms with E-state index in [-0.39, 0.29) is 0 Å². The van der Waals surface area contributed by atoms with Gasteiger partial charge in [-0.15, -0.1) is 0 Å². The average molecular weight is 270 g/mol. The van der Waals surface area contributed by atoms with Crippen molar-refractivity contribution in [1.29, 1.82) is 0 Å². The van der Waals surface area contributed by atoms with Crippen LogP contribution in [0.15, 0.2) is 30.6 Å². The summed E-state index contributed by atoms with van der Waals surface area (Å²) in [7, 11) is 0. The molecule has 3 nitrogen and oxygen atoms in total. The number of anilines is 1. The standard InChI is InChI=1S/C12H13Cl2N3/c1-2-17-6-5-15-12(17)8-16-11-7-9(13)3-4-10(11)14/h3-7,16H,2,8H2,1H3. The van der Waals surface area contributed by atoms with Crippen LogP contribution >= 0.6 is 23.2 Å². The van der Waals surface area contributed by atoms with Crippen LogP contribution in [0.3, 0.4) is 0 Å². The Hall–Kier alpha value is -1.19. The highest BCUT2D eigenvalue weighted by Gasteiger charge is 2.04. The van der Waals surface area contributed by atoms with Crippen LogP contribution in [0.4, 0.5) is 5.69 Å². The zero-order valence-electron chi connectivity index (χ0n) is 9.45. The highest BCUT2D eigenvalue weighted by atomic mass is 35.5. The first-order valence-corrected chi connectivity index (χ1v) is 6.15. The number of imidazole rings is 1. The van der Waals surface area contributed by atoms with Crippen molar-refractivity contribution >= 4 is 28.9 Å². The second-order valence-corrected chi connectivity index (χ2v) is 4.45. The molecule has 0 saturated carbocycles. The van der Waals surface area contributed by atoms with Gasteiger partial charge in [-0.1, -0.05) is 23.2 Å². The van der Waals surface area contributed by atoms with Crippen molar-refractivity contribution in [3.8, 4) is 0 Å². The van der Waals surface area contributed by atoms with Crippen molar-refractivity contribution < 1.29 is 0 Å². The molecule has 0 bridgehead atoms. The lowest BCUT2D eigenvalue weighted by Crippen LogP contribution is -2.07. The van der Waals surface area contributed by atoms with E-state index in [0.29, 0.717) is 16.6 Å². The zero-order valence-corrected chi connectivity index (χ0v) is 11.0. The Morgan fingerprint density at radius 3 is 2.94 bits per heavy atom. The molecule has 1 heterocycles. The van der Waals surface area contributed by atoms with E-state index in [1.807, 2.05) is 12.3 Å². The quantitative estimate of drug-likeness (QED) is 0.915. The topological polar surface area (TPSA) is 29.9 Å². The number of benzene rings is 1. The molecule has 2 aromatic rings. The van der Waals surface area contributed by atoms with E-state index in [2.05, 4.69) is 21.8 Å². The molecule has 0 atom stereocenters. The predicted octanol–water partition coefficient (Wildman–Crippen LogP) is 3.82. The van der Waals surface area contributed by atoms with Crippen molar-refractivity contribution in [1.82, 2.24) is 9.55 Å². The summed E-state index contributed by atoms with van der Waals surface area (Å²) in [5, 5.41) is 4.55. The maximum absolute atomic E-state index is 6.06. The van der Waals surface area contributed by atoms with Crippen LogP contribution in [-0.2, 0) is 13.1 Å². The first-order chi connectivity index (χ1) is 8.20. The van der Waals surface area contributed by atoms with Crippen LogP contribution in [-0.4, -0.2) is 9.55 Å². The summed E-state index contributed by atoms with van der Waals surface area (Å²) >= 11 is 12.0. The molecule has 0 unspecified atom stereocenters. The summed E-state index contributed by atoms with van der Waals surface area (Å²) in [4.78, 5) is 4.28. The van der Waals surface area contributed by atoms with Crippen molar-refractivity contribution in [2.45, 2.75) is 20.0 Å². The number of nitrogens with one attached hydrogen (secondary N) is 1. The van der Waals surface area contributed by atoms with E-state index >= 15 is 0 Å². The second kappa shape index (κ2) is 5.43. The number of rotatable bonds is 4. The van der Waals surface area contributed by atoms with Crippen LogP contribution in [0.5, 0.6) is 0 Å². The van der Waals surface area contributed by atoms with Gasteiger partial charge in [-0.25, -0.2) is 4.98 Å². The molecule has 5 heteroatoms. The Morgan fingerprint density at radius 2 is 2.18 bits per heavy atom. The first-order valence-electron chi connectivity index (χ1n) is 5.39. The molecule has 1 aromatic heterocycles. The second-order valence-electron chi connectivity index (χ2n) is 3.61. The highest BCUT2D eigenvalue weighted by Crippen LogP contribution is 2.25. The van der Waals surface area contributed by atoms with Crippen LogP contribution in [0.1, 0.15) is 12.7 Å². The van der Waals surface area contributed by atoms with Crippen LogP contribution < -0.4 is 5.32 Å². The molecule has 0 aliphatic carbocycles. The van der Waals surface area contributed by atoms with Gasteiger partial charge in [0.1, 0.15) is 5.82 Å². The normalized spacial score (nSPS) is 10.5. The van der Waals surface area contributed by atoms with E-state index in [1.54, 1.807) is 18.3 Å². The Bertz CT molecular complexity index is 508. The Morgan fingerprint density at radius 1 is 1.35 bits per heavy atom. The van der Waals surface area contributed by atoms with Gasteiger partial charge in [-0.2, -0.15) is 0 Å². The molecular weight excluding hydrogens is 257 g/mol. The third-order valence-corrected chi connectivity index (χ3v) is 3.07. The van der Waals surface area contributed by atoms with Crippen molar-refractivity contribution in [2.75, 3.05) is 5.32 Å². The molecule has 2 rings (SSSR count). The molecule has 1 N–H and O–H groups in total. The molecule has 0 aliphatic heterocycles. The van der Waals surface area contributed by atoms with Gasteiger partial charge in [0, 0.05) is 24.0 Å². The summed E-state index contributed by atoms with van der Waals surface area (Å²) in [5.41, 5.74) is 0.824.